The molecule has 0 radical (unpaired) electrons. The Labute approximate surface area is 107 Å². The third-order valence-electron chi connectivity index (χ3n) is 2.40. The van der Waals surface area contributed by atoms with Crippen molar-refractivity contribution in [3.63, 3.8) is 0 Å². The van der Waals surface area contributed by atoms with Crippen LogP contribution in [0, 0.1) is 6.92 Å². The summed E-state index contributed by atoms with van der Waals surface area (Å²) >= 11 is 1.81. The minimum atomic E-state index is -0.0779. The van der Waals surface area contributed by atoms with Gasteiger partial charge in [0.05, 0.1) is 12.9 Å². The predicted octanol–water partition coefficient (Wildman–Crippen LogP) is 3.80. The first-order valence-corrected chi connectivity index (χ1v) is 7.05. The molecule has 1 aromatic heterocycles. The molecule has 1 heterocycles. The number of rotatable bonds is 8. The lowest BCUT2D eigenvalue weighted by molar-refractivity contribution is -0.143. The largest absolute Gasteiger partial charge is 0.468 e. The van der Waals surface area contributed by atoms with Crippen LogP contribution in [0.2, 0.25) is 0 Å². The molecule has 0 atom stereocenters. The van der Waals surface area contributed by atoms with Crippen LogP contribution in [0.15, 0.2) is 21.6 Å². The van der Waals surface area contributed by atoms with Gasteiger partial charge in [-0.2, -0.15) is 0 Å². The number of esters is 1. The molecule has 17 heavy (non-hydrogen) atoms. The van der Waals surface area contributed by atoms with E-state index in [0.717, 1.165) is 30.8 Å². The van der Waals surface area contributed by atoms with Gasteiger partial charge in [0, 0.05) is 11.3 Å². The third kappa shape index (κ3) is 5.82. The number of aryl methyl sites for hydroxylation is 1. The van der Waals surface area contributed by atoms with Crippen molar-refractivity contribution < 1.29 is 13.9 Å². The number of furan rings is 1. The fourth-order valence-electron chi connectivity index (χ4n) is 1.49. The summed E-state index contributed by atoms with van der Waals surface area (Å²) in [6, 6.07) is 2.00. The van der Waals surface area contributed by atoms with Crippen molar-refractivity contribution in [2.45, 2.75) is 44.4 Å². The first-order valence-electron chi connectivity index (χ1n) is 6.06. The van der Waals surface area contributed by atoms with Crippen LogP contribution in [0.5, 0.6) is 0 Å². The summed E-state index contributed by atoms with van der Waals surface area (Å²) in [5, 5.41) is 0. The van der Waals surface area contributed by atoms with Gasteiger partial charge in [0.15, 0.2) is 0 Å². The van der Waals surface area contributed by atoms with Crippen molar-refractivity contribution in [3.8, 4) is 0 Å². The van der Waals surface area contributed by atoms with Gasteiger partial charge < -0.3 is 9.15 Å². The maximum atomic E-state index is 11.1. The highest BCUT2D eigenvalue weighted by molar-refractivity contribution is 7.99. The second-order valence-corrected chi connectivity index (χ2v) is 4.94. The molecule has 0 spiro atoms. The molecule has 96 valence electrons. The molecule has 3 nitrogen and oxygen atoms in total. The number of carbonyl (C=O) groups excluding carboxylic acids is 1. The molecule has 0 N–H and O–H groups in total. The van der Waals surface area contributed by atoms with E-state index in [1.165, 1.54) is 4.90 Å². The van der Waals surface area contributed by atoms with E-state index in [-0.39, 0.29) is 5.97 Å². The van der Waals surface area contributed by atoms with Crippen molar-refractivity contribution in [1.29, 1.82) is 0 Å². The first kappa shape index (κ1) is 14.2. The third-order valence-corrected chi connectivity index (χ3v) is 3.63. The molecule has 0 saturated heterocycles. The van der Waals surface area contributed by atoms with E-state index in [1.807, 2.05) is 31.7 Å². The lowest BCUT2D eigenvalue weighted by atomic mass is 10.2. The van der Waals surface area contributed by atoms with Crippen LogP contribution in [0.4, 0.5) is 0 Å². The lowest BCUT2D eigenvalue weighted by Crippen LogP contribution is -2.03. The molecule has 4 heteroatoms. The van der Waals surface area contributed by atoms with Gasteiger partial charge >= 0.3 is 5.97 Å². The zero-order valence-corrected chi connectivity index (χ0v) is 11.3. The molecule has 0 aliphatic rings. The number of unbranched alkanes of at least 4 members (excludes halogenated alkanes) is 2. The van der Waals surface area contributed by atoms with E-state index in [4.69, 9.17) is 9.15 Å². The van der Waals surface area contributed by atoms with Gasteiger partial charge in [-0.05, 0) is 38.5 Å². The monoisotopic (exact) mass is 256 g/mol. The number of hydrogen-bond donors (Lipinski definition) is 0. The van der Waals surface area contributed by atoms with E-state index in [0.29, 0.717) is 13.0 Å². The number of carbonyl (C=O) groups is 1. The smallest absolute Gasteiger partial charge is 0.305 e. The number of ether oxygens (including phenoxy) is 1. The van der Waals surface area contributed by atoms with Gasteiger partial charge in [0.1, 0.15) is 5.76 Å². The SMILES string of the molecule is CCOC(=O)CCCCCSc1ccoc1C. The van der Waals surface area contributed by atoms with Crippen molar-refractivity contribution >= 4 is 17.7 Å². The Kier molecular flexibility index (Phi) is 6.86. The van der Waals surface area contributed by atoms with Crippen molar-refractivity contribution in [2.24, 2.45) is 0 Å². The Hall–Kier alpha value is -0.900. The van der Waals surface area contributed by atoms with Gasteiger partial charge in [-0.15, -0.1) is 11.8 Å². The van der Waals surface area contributed by atoms with Gasteiger partial charge in [-0.1, -0.05) is 6.42 Å². The zero-order chi connectivity index (χ0) is 12.5. The van der Waals surface area contributed by atoms with Crippen LogP contribution in [0.1, 0.15) is 38.4 Å². The van der Waals surface area contributed by atoms with Crippen LogP contribution in [-0.4, -0.2) is 18.3 Å². The molecule has 0 aliphatic heterocycles. The van der Waals surface area contributed by atoms with Gasteiger partial charge in [0.25, 0.3) is 0 Å². The molecule has 0 amide bonds. The Bertz CT molecular complexity index is 333. The quantitative estimate of drug-likeness (QED) is 0.403. The van der Waals surface area contributed by atoms with E-state index < -0.39 is 0 Å². The van der Waals surface area contributed by atoms with Crippen LogP contribution in [0.25, 0.3) is 0 Å². The van der Waals surface area contributed by atoms with Crippen molar-refractivity contribution in [2.75, 3.05) is 12.4 Å². The average Bonchev–Trinajstić information content (AvgIpc) is 2.70. The average molecular weight is 256 g/mol. The van der Waals surface area contributed by atoms with E-state index in [1.54, 1.807) is 6.26 Å². The Morgan fingerprint density at radius 3 is 2.88 bits per heavy atom. The minimum absolute atomic E-state index is 0.0779. The highest BCUT2D eigenvalue weighted by Gasteiger charge is 2.03. The number of hydrogen-bond acceptors (Lipinski definition) is 4. The van der Waals surface area contributed by atoms with Gasteiger partial charge in [-0.25, -0.2) is 0 Å². The van der Waals surface area contributed by atoms with E-state index in [2.05, 4.69) is 0 Å². The molecule has 1 rings (SSSR count). The number of thioether (sulfide) groups is 1. The van der Waals surface area contributed by atoms with Crippen molar-refractivity contribution in [3.05, 3.63) is 18.1 Å². The van der Waals surface area contributed by atoms with Crippen LogP contribution in [-0.2, 0) is 9.53 Å². The maximum Gasteiger partial charge on any atom is 0.305 e. The topological polar surface area (TPSA) is 39.4 Å². The second-order valence-electron chi connectivity index (χ2n) is 3.81. The van der Waals surface area contributed by atoms with E-state index in [9.17, 15) is 4.79 Å². The normalized spacial score (nSPS) is 10.5. The highest BCUT2D eigenvalue weighted by Crippen LogP contribution is 2.24. The van der Waals surface area contributed by atoms with Crippen LogP contribution in [0.3, 0.4) is 0 Å². The molecule has 1 aromatic rings. The Balaban J connectivity index is 1.98. The summed E-state index contributed by atoms with van der Waals surface area (Å²) in [5.41, 5.74) is 0. The molecule has 0 saturated carbocycles. The second kappa shape index (κ2) is 8.23. The fourth-order valence-corrected chi connectivity index (χ4v) is 2.46. The summed E-state index contributed by atoms with van der Waals surface area (Å²) in [6.45, 7) is 4.29. The molecule has 0 fully saturated rings. The van der Waals surface area contributed by atoms with Crippen molar-refractivity contribution in [1.82, 2.24) is 0 Å². The van der Waals surface area contributed by atoms with Crippen LogP contribution >= 0.6 is 11.8 Å². The van der Waals surface area contributed by atoms with Gasteiger partial charge in [0.2, 0.25) is 0 Å². The first-order chi connectivity index (χ1) is 8.24. The predicted molar refractivity (Wildman–Crippen MR) is 69.3 cm³/mol. The zero-order valence-electron chi connectivity index (χ0n) is 10.5. The summed E-state index contributed by atoms with van der Waals surface area (Å²) in [6.07, 6.45) is 5.38. The van der Waals surface area contributed by atoms with E-state index >= 15 is 0 Å². The minimum Gasteiger partial charge on any atom is -0.468 e. The van der Waals surface area contributed by atoms with Crippen LogP contribution < -0.4 is 0 Å². The summed E-state index contributed by atoms with van der Waals surface area (Å²) in [5.74, 6) is 1.98. The summed E-state index contributed by atoms with van der Waals surface area (Å²) in [7, 11) is 0. The molecule has 0 aromatic carbocycles. The Morgan fingerprint density at radius 1 is 1.41 bits per heavy atom. The molecule has 0 bridgehead atoms. The summed E-state index contributed by atoms with van der Waals surface area (Å²) < 4.78 is 10.1. The molecule has 0 unspecified atom stereocenters. The summed E-state index contributed by atoms with van der Waals surface area (Å²) in [4.78, 5) is 12.3. The van der Waals surface area contributed by atoms with Gasteiger partial charge in [-0.3, -0.25) is 4.79 Å². The molecular formula is C13H20O3S. The Morgan fingerprint density at radius 2 is 2.24 bits per heavy atom. The highest BCUT2D eigenvalue weighted by atomic mass is 32.2. The fraction of sp³-hybridized carbons (Fsp3) is 0.615. The lowest BCUT2D eigenvalue weighted by Gasteiger charge is -2.02. The maximum absolute atomic E-state index is 11.1. The molecule has 0 aliphatic carbocycles. The standard InChI is InChI=1S/C13H20O3S/c1-3-15-13(14)7-5-4-6-10-17-12-8-9-16-11(12)2/h8-9H,3-7,10H2,1-2H3. The molecular weight excluding hydrogens is 236 g/mol.